The summed E-state index contributed by atoms with van der Waals surface area (Å²) in [7, 11) is 1.83. The number of nitroso groups, excluding NO2 is 1. The summed E-state index contributed by atoms with van der Waals surface area (Å²) >= 11 is 5.92. The van der Waals surface area contributed by atoms with Gasteiger partial charge in [0.15, 0.2) is 17.0 Å². The highest BCUT2D eigenvalue weighted by molar-refractivity contribution is 6.30. The third-order valence-corrected chi connectivity index (χ3v) is 3.78. The lowest BCUT2D eigenvalue weighted by Crippen LogP contribution is -2.06. The summed E-state index contributed by atoms with van der Waals surface area (Å²) in [5.41, 5.74) is 2.04. The first-order valence-electron chi connectivity index (χ1n) is 7.25. The molecule has 3 heterocycles. The van der Waals surface area contributed by atoms with E-state index in [1.807, 2.05) is 19.2 Å². The minimum Gasteiger partial charge on any atom is -0.338 e. The maximum Gasteiger partial charge on any atom is 0.254 e. The highest BCUT2D eigenvalue weighted by Gasteiger charge is 2.14. The quantitative estimate of drug-likeness (QED) is 0.564. The van der Waals surface area contributed by atoms with Gasteiger partial charge in [0.1, 0.15) is 0 Å². The van der Waals surface area contributed by atoms with Gasteiger partial charge in [-0.1, -0.05) is 11.6 Å². The number of nitrogens with one attached hydrogen (secondary N) is 1. The molecule has 0 aliphatic carbocycles. The van der Waals surface area contributed by atoms with E-state index in [-0.39, 0.29) is 5.82 Å². The Morgan fingerprint density at radius 2 is 1.96 bits per heavy atom. The molecule has 0 bridgehead atoms. The van der Waals surface area contributed by atoms with E-state index >= 15 is 0 Å². The van der Waals surface area contributed by atoms with Gasteiger partial charge in [0.2, 0.25) is 5.82 Å². The number of rotatable bonds is 4. The molecule has 9 nitrogen and oxygen atoms in total. The van der Waals surface area contributed by atoms with Crippen LogP contribution in [0.2, 0.25) is 5.02 Å². The molecule has 3 aromatic heterocycles. The average molecular weight is 355 g/mol. The zero-order chi connectivity index (χ0) is 17.4. The van der Waals surface area contributed by atoms with Gasteiger partial charge in [-0.05, 0) is 29.4 Å². The third kappa shape index (κ3) is 2.81. The maximum atomic E-state index is 10.6. The first-order valence-corrected chi connectivity index (χ1v) is 7.63. The number of hydrogen-bond donors (Lipinski definition) is 1. The lowest BCUT2D eigenvalue weighted by molar-refractivity contribution is 0.809. The van der Waals surface area contributed by atoms with Crippen LogP contribution in [-0.2, 0) is 7.05 Å². The van der Waals surface area contributed by atoms with Crippen molar-refractivity contribution in [2.75, 3.05) is 5.32 Å². The molecule has 0 atom stereocenters. The van der Waals surface area contributed by atoms with Crippen LogP contribution in [0.5, 0.6) is 0 Å². The van der Waals surface area contributed by atoms with E-state index in [9.17, 15) is 4.91 Å². The van der Waals surface area contributed by atoms with Crippen molar-refractivity contribution in [3.8, 4) is 5.95 Å². The van der Waals surface area contributed by atoms with E-state index < -0.39 is 0 Å². The molecule has 0 unspecified atom stereocenters. The van der Waals surface area contributed by atoms with Crippen LogP contribution >= 0.6 is 11.6 Å². The largest absolute Gasteiger partial charge is 0.338 e. The normalized spacial score (nSPS) is 11.0. The Labute approximate surface area is 146 Å². The number of anilines is 2. The van der Waals surface area contributed by atoms with Crippen LogP contribution in [0.3, 0.4) is 0 Å². The van der Waals surface area contributed by atoms with Crippen LogP contribution in [0.1, 0.15) is 0 Å². The van der Waals surface area contributed by atoms with Gasteiger partial charge in [-0.15, -0.1) is 10.0 Å². The van der Waals surface area contributed by atoms with Crippen LogP contribution in [0, 0.1) is 4.91 Å². The molecular weight excluding hydrogens is 344 g/mol. The van der Waals surface area contributed by atoms with E-state index in [0.717, 1.165) is 5.69 Å². The Morgan fingerprint density at radius 1 is 1.16 bits per heavy atom. The molecule has 0 fully saturated rings. The first kappa shape index (κ1) is 15.2. The van der Waals surface area contributed by atoms with E-state index in [4.69, 9.17) is 11.6 Å². The fraction of sp³-hybridized carbons (Fsp3) is 0.0667. The lowest BCUT2D eigenvalue weighted by atomic mass is 10.3. The number of halogens is 1. The fourth-order valence-electron chi connectivity index (χ4n) is 2.33. The molecule has 0 aliphatic rings. The Hall–Kier alpha value is -3.33. The number of fused-ring (bicyclic) bond motifs is 1. The molecule has 0 radical (unpaired) electrons. The summed E-state index contributed by atoms with van der Waals surface area (Å²) in [5, 5.41) is 10.7. The summed E-state index contributed by atoms with van der Waals surface area (Å²) < 4.78 is 3.16. The van der Waals surface area contributed by atoms with Crippen molar-refractivity contribution in [2.24, 2.45) is 12.2 Å². The Morgan fingerprint density at radius 3 is 2.68 bits per heavy atom. The van der Waals surface area contributed by atoms with E-state index in [0.29, 0.717) is 28.0 Å². The van der Waals surface area contributed by atoms with Crippen molar-refractivity contribution in [3.63, 3.8) is 0 Å². The second-order valence-electron chi connectivity index (χ2n) is 5.24. The predicted octanol–water partition coefficient (Wildman–Crippen LogP) is 3.34. The van der Waals surface area contributed by atoms with Crippen LogP contribution in [-0.4, -0.2) is 29.3 Å². The average Bonchev–Trinajstić information content (AvgIpc) is 3.24. The molecule has 124 valence electrons. The number of benzene rings is 1. The zero-order valence-corrected chi connectivity index (χ0v) is 13.7. The summed E-state index contributed by atoms with van der Waals surface area (Å²) in [6.07, 6.45) is 3.22. The molecule has 1 aromatic carbocycles. The number of aromatic nitrogens is 6. The monoisotopic (exact) mass is 354 g/mol. The van der Waals surface area contributed by atoms with Crippen molar-refractivity contribution in [1.82, 2.24) is 29.3 Å². The molecule has 0 spiro atoms. The van der Waals surface area contributed by atoms with E-state index in [1.165, 1.54) is 10.7 Å². The number of aryl methyl sites for hydroxylation is 1. The second kappa shape index (κ2) is 5.95. The zero-order valence-electron chi connectivity index (χ0n) is 13.0. The standard InChI is InChI=1S/C15H11ClN8O/c1-23-8-17-12-13(18-10-4-2-9(16)3-5-10)19-15(20-14(12)23)24-7-6-11(21-24)22-25/h2-8H,1H3,(H,18,19,20). The molecule has 0 saturated heterocycles. The molecule has 4 aromatic rings. The summed E-state index contributed by atoms with van der Waals surface area (Å²) in [6.45, 7) is 0. The maximum absolute atomic E-state index is 10.6. The van der Waals surface area contributed by atoms with Gasteiger partial charge < -0.3 is 9.88 Å². The summed E-state index contributed by atoms with van der Waals surface area (Å²) in [6, 6.07) is 8.70. The van der Waals surface area contributed by atoms with Crippen molar-refractivity contribution >= 4 is 40.1 Å². The second-order valence-corrected chi connectivity index (χ2v) is 5.68. The van der Waals surface area contributed by atoms with Gasteiger partial charge >= 0.3 is 0 Å². The summed E-state index contributed by atoms with van der Waals surface area (Å²) in [5.74, 6) is 0.863. The smallest absolute Gasteiger partial charge is 0.254 e. The van der Waals surface area contributed by atoms with Crippen LogP contribution in [0.25, 0.3) is 17.1 Å². The molecule has 0 aliphatic heterocycles. The first-order chi connectivity index (χ1) is 12.1. The number of imidazole rings is 1. The van der Waals surface area contributed by atoms with Gasteiger partial charge in [-0.3, -0.25) is 0 Å². The van der Waals surface area contributed by atoms with Gasteiger partial charge in [0, 0.05) is 30.0 Å². The summed E-state index contributed by atoms with van der Waals surface area (Å²) in [4.78, 5) is 23.9. The van der Waals surface area contributed by atoms with Crippen molar-refractivity contribution < 1.29 is 0 Å². The Kier molecular flexibility index (Phi) is 3.62. The molecule has 10 heteroatoms. The number of nitrogens with zero attached hydrogens (tertiary/aromatic N) is 7. The highest BCUT2D eigenvalue weighted by Crippen LogP contribution is 2.24. The molecule has 25 heavy (non-hydrogen) atoms. The Balaban J connectivity index is 1.84. The van der Waals surface area contributed by atoms with E-state index in [2.05, 4.69) is 30.5 Å². The van der Waals surface area contributed by atoms with Crippen molar-refractivity contribution in [3.05, 3.63) is 52.8 Å². The molecule has 1 N–H and O–H groups in total. The topological polar surface area (TPSA) is 103 Å². The fourth-order valence-corrected chi connectivity index (χ4v) is 2.46. The van der Waals surface area contributed by atoms with Gasteiger partial charge in [0.05, 0.1) is 6.33 Å². The molecule has 4 rings (SSSR count). The lowest BCUT2D eigenvalue weighted by Gasteiger charge is -2.08. The van der Waals surface area contributed by atoms with E-state index in [1.54, 1.807) is 29.2 Å². The van der Waals surface area contributed by atoms with Crippen molar-refractivity contribution in [1.29, 1.82) is 0 Å². The highest BCUT2D eigenvalue weighted by atomic mass is 35.5. The van der Waals surface area contributed by atoms with Gasteiger partial charge in [-0.25, -0.2) is 9.67 Å². The molecular formula is C15H11ClN8O. The number of hydrogen-bond acceptors (Lipinski definition) is 7. The minimum absolute atomic E-state index is 0.0564. The minimum atomic E-state index is 0.0564. The Bertz CT molecular complexity index is 1070. The third-order valence-electron chi connectivity index (χ3n) is 3.53. The van der Waals surface area contributed by atoms with Crippen molar-refractivity contribution in [2.45, 2.75) is 0 Å². The predicted molar refractivity (Wildman–Crippen MR) is 93.6 cm³/mol. The van der Waals surface area contributed by atoms with Gasteiger partial charge in [0.25, 0.3) is 5.95 Å². The van der Waals surface area contributed by atoms with Crippen LogP contribution in [0.4, 0.5) is 17.3 Å². The SMILES string of the molecule is Cn1cnc2c(Nc3ccc(Cl)cc3)nc(-n3ccc(N=O)n3)nc21. The van der Waals surface area contributed by atoms with Crippen LogP contribution in [0.15, 0.2) is 48.0 Å². The molecule has 0 saturated carbocycles. The van der Waals surface area contributed by atoms with Gasteiger partial charge in [-0.2, -0.15) is 9.97 Å². The molecule has 0 amide bonds. The van der Waals surface area contributed by atoms with Crippen LogP contribution < -0.4 is 5.32 Å².